The number of sulfonamides is 1. The molecule has 9 heteroatoms. The highest BCUT2D eigenvalue weighted by molar-refractivity contribution is 7.89. The van der Waals surface area contributed by atoms with E-state index in [0.29, 0.717) is 19.6 Å². The van der Waals surface area contributed by atoms with E-state index in [9.17, 15) is 18.0 Å². The number of carbonyl (C=O) groups is 2. The van der Waals surface area contributed by atoms with Crippen LogP contribution in [0, 0.1) is 0 Å². The fraction of sp³-hybridized carbons (Fsp3) is 0.467. The van der Waals surface area contributed by atoms with Gasteiger partial charge in [-0.05, 0) is 18.2 Å². The summed E-state index contributed by atoms with van der Waals surface area (Å²) >= 11 is 0. The Morgan fingerprint density at radius 2 is 2.08 bits per heavy atom. The molecular weight excluding hydrogens is 332 g/mol. The zero-order valence-corrected chi connectivity index (χ0v) is 14.2. The smallest absolute Gasteiger partial charge is 0.251 e. The number of hydrogen-bond acceptors (Lipinski definition) is 5. The number of hydrogen-bond donors (Lipinski definition) is 2. The number of piperazine rings is 2. The number of nitrogens with zero attached hydrogens (tertiary/aromatic N) is 2. The van der Waals surface area contributed by atoms with Crippen LogP contribution in [-0.4, -0.2) is 75.3 Å². The van der Waals surface area contributed by atoms with Crippen LogP contribution >= 0.6 is 0 Å². The van der Waals surface area contributed by atoms with Gasteiger partial charge in [0, 0.05) is 45.3 Å². The maximum Gasteiger partial charge on any atom is 0.251 e. The van der Waals surface area contributed by atoms with Crippen LogP contribution in [0.15, 0.2) is 29.2 Å². The van der Waals surface area contributed by atoms with Gasteiger partial charge in [0.25, 0.3) is 5.91 Å². The van der Waals surface area contributed by atoms with Crippen molar-refractivity contribution in [2.75, 3.05) is 39.8 Å². The van der Waals surface area contributed by atoms with E-state index in [1.165, 1.54) is 23.5 Å². The van der Waals surface area contributed by atoms with Gasteiger partial charge in [0.05, 0.1) is 4.90 Å². The normalized spacial score (nSPS) is 22.5. The first-order valence-electron chi connectivity index (χ1n) is 7.77. The molecular formula is C15H20N4O4S. The van der Waals surface area contributed by atoms with Crippen molar-refractivity contribution in [3.8, 4) is 0 Å². The molecule has 0 aliphatic carbocycles. The first-order chi connectivity index (χ1) is 11.4. The number of nitrogens with one attached hydrogen (secondary N) is 2. The average molecular weight is 352 g/mol. The van der Waals surface area contributed by atoms with Crippen LogP contribution in [0.25, 0.3) is 0 Å². The van der Waals surface area contributed by atoms with E-state index in [1.54, 1.807) is 12.1 Å². The summed E-state index contributed by atoms with van der Waals surface area (Å²) in [5.74, 6) is -0.483. The van der Waals surface area contributed by atoms with E-state index in [4.69, 9.17) is 0 Å². The first-order valence-corrected chi connectivity index (χ1v) is 9.21. The number of benzene rings is 1. The lowest BCUT2D eigenvalue weighted by atomic mass is 10.1. The van der Waals surface area contributed by atoms with Crippen molar-refractivity contribution in [2.24, 2.45) is 0 Å². The van der Waals surface area contributed by atoms with Crippen molar-refractivity contribution in [3.63, 3.8) is 0 Å². The Kier molecular flexibility index (Phi) is 4.57. The Labute approximate surface area is 140 Å². The zero-order chi connectivity index (χ0) is 17.3. The van der Waals surface area contributed by atoms with Crippen molar-refractivity contribution in [3.05, 3.63) is 29.8 Å². The van der Waals surface area contributed by atoms with Crippen molar-refractivity contribution in [1.82, 2.24) is 19.8 Å². The molecule has 2 aliphatic rings. The Morgan fingerprint density at radius 1 is 1.29 bits per heavy atom. The topological polar surface area (TPSA) is 98.8 Å². The molecule has 2 fully saturated rings. The van der Waals surface area contributed by atoms with Gasteiger partial charge in [-0.25, -0.2) is 8.42 Å². The fourth-order valence-electron chi connectivity index (χ4n) is 3.06. The fourth-order valence-corrected chi connectivity index (χ4v) is 4.55. The summed E-state index contributed by atoms with van der Waals surface area (Å²) in [5.41, 5.74) is 0.285. The molecule has 0 aromatic heterocycles. The molecule has 0 radical (unpaired) electrons. The van der Waals surface area contributed by atoms with E-state index >= 15 is 0 Å². The molecule has 1 atom stereocenters. The number of carbonyl (C=O) groups excluding carboxylic acids is 2. The number of fused-ring (bicyclic) bond motifs is 1. The van der Waals surface area contributed by atoms with Crippen LogP contribution in [0.5, 0.6) is 0 Å². The lowest BCUT2D eigenvalue weighted by Gasteiger charge is -2.42. The molecule has 2 amide bonds. The van der Waals surface area contributed by atoms with Gasteiger partial charge in [-0.2, -0.15) is 4.31 Å². The highest BCUT2D eigenvalue weighted by Gasteiger charge is 2.39. The predicted molar refractivity (Wildman–Crippen MR) is 87.0 cm³/mol. The van der Waals surface area contributed by atoms with Crippen molar-refractivity contribution in [1.29, 1.82) is 0 Å². The van der Waals surface area contributed by atoms with E-state index in [1.807, 2.05) is 4.90 Å². The molecule has 0 unspecified atom stereocenters. The second-order valence-electron chi connectivity index (χ2n) is 5.81. The first kappa shape index (κ1) is 16.9. The Morgan fingerprint density at radius 3 is 2.83 bits per heavy atom. The average Bonchev–Trinajstić information content (AvgIpc) is 2.61. The predicted octanol–water partition coefficient (Wildman–Crippen LogP) is -1.15. The molecule has 0 spiro atoms. The summed E-state index contributed by atoms with van der Waals surface area (Å²) < 4.78 is 27.1. The zero-order valence-electron chi connectivity index (χ0n) is 13.4. The van der Waals surface area contributed by atoms with E-state index in [0.717, 1.165) is 6.54 Å². The maximum absolute atomic E-state index is 12.9. The third kappa shape index (κ3) is 3.02. The molecule has 1 aromatic rings. The Balaban J connectivity index is 1.85. The van der Waals surface area contributed by atoms with Gasteiger partial charge in [0.2, 0.25) is 15.9 Å². The van der Waals surface area contributed by atoms with Gasteiger partial charge in [-0.1, -0.05) is 6.07 Å². The second kappa shape index (κ2) is 6.50. The van der Waals surface area contributed by atoms with Gasteiger partial charge >= 0.3 is 0 Å². The molecule has 0 bridgehead atoms. The molecule has 3 rings (SSSR count). The molecule has 2 saturated heterocycles. The van der Waals surface area contributed by atoms with Gasteiger partial charge in [-0.3, -0.25) is 14.5 Å². The minimum absolute atomic E-state index is 0.0632. The van der Waals surface area contributed by atoms with Crippen LogP contribution < -0.4 is 10.6 Å². The van der Waals surface area contributed by atoms with E-state index in [-0.39, 0.29) is 28.8 Å². The number of amides is 2. The molecule has 0 saturated carbocycles. The molecule has 2 heterocycles. The van der Waals surface area contributed by atoms with Crippen LogP contribution in [-0.2, 0) is 14.8 Å². The summed E-state index contributed by atoms with van der Waals surface area (Å²) in [5, 5.41) is 5.25. The molecule has 24 heavy (non-hydrogen) atoms. The number of rotatable bonds is 3. The largest absolute Gasteiger partial charge is 0.355 e. The van der Waals surface area contributed by atoms with Crippen molar-refractivity contribution >= 4 is 21.8 Å². The third-order valence-corrected chi connectivity index (χ3v) is 6.28. The molecule has 130 valence electrons. The van der Waals surface area contributed by atoms with Crippen LogP contribution in [0.1, 0.15) is 10.4 Å². The quantitative estimate of drug-likeness (QED) is 0.716. The summed E-state index contributed by atoms with van der Waals surface area (Å²) in [6.45, 7) is 2.30. The molecule has 2 N–H and O–H groups in total. The third-order valence-electron chi connectivity index (χ3n) is 4.42. The highest BCUT2D eigenvalue weighted by Crippen LogP contribution is 2.22. The SMILES string of the molecule is CNC(=O)c1cccc(S(=O)(=O)N2CCN3CCNC(=O)[C@@H]3C2)c1. The maximum atomic E-state index is 12.9. The molecule has 2 aliphatic heterocycles. The lowest BCUT2D eigenvalue weighted by molar-refractivity contribution is -0.130. The summed E-state index contributed by atoms with van der Waals surface area (Å²) in [4.78, 5) is 25.8. The van der Waals surface area contributed by atoms with Crippen LogP contribution in [0.3, 0.4) is 0 Å². The highest BCUT2D eigenvalue weighted by atomic mass is 32.2. The van der Waals surface area contributed by atoms with Gasteiger partial charge in [-0.15, -0.1) is 0 Å². The molecule has 1 aromatic carbocycles. The van der Waals surface area contributed by atoms with E-state index < -0.39 is 16.1 Å². The summed E-state index contributed by atoms with van der Waals surface area (Å²) in [7, 11) is -2.26. The van der Waals surface area contributed by atoms with Gasteiger partial charge < -0.3 is 10.6 Å². The van der Waals surface area contributed by atoms with Crippen molar-refractivity contribution < 1.29 is 18.0 Å². The van der Waals surface area contributed by atoms with Crippen LogP contribution in [0.2, 0.25) is 0 Å². The van der Waals surface area contributed by atoms with E-state index in [2.05, 4.69) is 10.6 Å². The Hall–Kier alpha value is -1.97. The lowest BCUT2D eigenvalue weighted by Crippen LogP contribution is -2.64. The minimum atomic E-state index is -3.75. The standard InChI is InChI=1S/C15H20N4O4S/c1-16-14(20)11-3-2-4-12(9-11)24(22,23)19-8-7-18-6-5-17-15(21)13(18)10-19/h2-4,9,13H,5-8,10H2,1H3,(H,16,20)(H,17,21)/t13-/m0/s1. The summed E-state index contributed by atoms with van der Waals surface area (Å²) in [6, 6.07) is 5.48. The summed E-state index contributed by atoms with van der Waals surface area (Å²) in [6.07, 6.45) is 0. The van der Waals surface area contributed by atoms with Crippen LogP contribution in [0.4, 0.5) is 0 Å². The molecule has 8 nitrogen and oxygen atoms in total. The van der Waals surface area contributed by atoms with Gasteiger partial charge in [0.15, 0.2) is 0 Å². The van der Waals surface area contributed by atoms with Crippen molar-refractivity contribution in [2.45, 2.75) is 10.9 Å². The Bertz CT molecular complexity index is 764. The second-order valence-corrected chi connectivity index (χ2v) is 7.75. The monoisotopic (exact) mass is 352 g/mol. The van der Waals surface area contributed by atoms with Gasteiger partial charge in [0.1, 0.15) is 6.04 Å². The minimum Gasteiger partial charge on any atom is -0.355 e.